The number of phenols is 1. The van der Waals surface area contributed by atoms with Gasteiger partial charge in [-0.25, -0.2) is 4.79 Å². The van der Waals surface area contributed by atoms with Gasteiger partial charge in [0.15, 0.2) is 17.6 Å². The van der Waals surface area contributed by atoms with Crippen LogP contribution in [0.1, 0.15) is 19.4 Å². The largest absolute Gasteiger partial charge is 0.504 e. The predicted octanol–water partition coefficient (Wildman–Crippen LogP) is 2.94. The van der Waals surface area contributed by atoms with E-state index in [2.05, 4.69) is 10.6 Å². The third-order valence-electron chi connectivity index (χ3n) is 3.75. The third-order valence-corrected chi connectivity index (χ3v) is 3.75. The predicted molar refractivity (Wildman–Crippen MR) is 109 cm³/mol. The van der Waals surface area contributed by atoms with Gasteiger partial charge >= 0.3 is 5.97 Å². The minimum Gasteiger partial charge on any atom is -0.504 e. The van der Waals surface area contributed by atoms with Crippen LogP contribution in [-0.2, 0) is 19.1 Å². The maximum Gasteiger partial charge on any atom is 0.331 e. The minimum absolute atomic E-state index is 0.0115. The molecular weight excluding hydrogens is 376 g/mol. The summed E-state index contributed by atoms with van der Waals surface area (Å²) in [6.45, 7) is 2.86. The molecule has 2 rings (SSSR count). The molecule has 0 bridgehead atoms. The fourth-order valence-corrected chi connectivity index (χ4v) is 2.31. The highest BCUT2D eigenvalue weighted by molar-refractivity contribution is 5.97. The Labute approximate surface area is 168 Å². The summed E-state index contributed by atoms with van der Waals surface area (Å²) in [5, 5.41) is 14.8. The van der Waals surface area contributed by atoms with Gasteiger partial charge in [-0.3, -0.25) is 9.59 Å². The highest BCUT2D eigenvalue weighted by Crippen LogP contribution is 2.26. The SMILES string of the molecule is COc1cc(/C=C/C(=O)O[C@H](C)C(=O)Nc2ccc(NC(C)=O)cc2)ccc1O. The lowest BCUT2D eigenvalue weighted by Crippen LogP contribution is -2.29. The number of methoxy groups -OCH3 is 1. The number of carbonyl (C=O) groups excluding carboxylic acids is 3. The number of nitrogens with one attached hydrogen (secondary N) is 2. The Morgan fingerprint density at radius 3 is 2.24 bits per heavy atom. The Morgan fingerprint density at radius 2 is 1.66 bits per heavy atom. The van der Waals surface area contributed by atoms with Gasteiger partial charge in [-0.2, -0.15) is 0 Å². The lowest BCUT2D eigenvalue weighted by molar-refractivity contribution is -0.148. The molecule has 0 heterocycles. The molecule has 0 aliphatic rings. The van der Waals surface area contributed by atoms with E-state index in [1.165, 1.54) is 39.2 Å². The molecule has 0 saturated heterocycles. The summed E-state index contributed by atoms with van der Waals surface area (Å²) in [6.07, 6.45) is 1.64. The summed E-state index contributed by atoms with van der Waals surface area (Å²) in [4.78, 5) is 35.1. The van der Waals surface area contributed by atoms with Crippen LogP contribution >= 0.6 is 0 Å². The molecule has 0 unspecified atom stereocenters. The Hall–Kier alpha value is -3.81. The van der Waals surface area contributed by atoms with Crippen molar-refractivity contribution < 1.29 is 29.0 Å². The van der Waals surface area contributed by atoms with E-state index < -0.39 is 18.0 Å². The zero-order valence-corrected chi connectivity index (χ0v) is 16.3. The molecule has 8 nitrogen and oxygen atoms in total. The second-order valence-electron chi connectivity index (χ2n) is 6.09. The van der Waals surface area contributed by atoms with Crippen molar-refractivity contribution >= 4 is 35.2 Å². The zero-order valence-electron chi connectivity index (χ0n) is 16.3. The molecule has 0 radical (unpaired) electrons. The van der Waals surface area contributed by atoms with Gasteiger partial charge in [-0.05, 0) is 55.0 Å². The monoisotopic (exact) mass is 398 g/mol. The fraction of sp³-hybridized carbons (Fsp3) is 0.190. The molecule has 152 valence electrons. The van der Waals surface area contributed by atoms with Crippen molar-refractivity contribution in [1.29, 1.82) is 0 Å². The van der Waals surface area contributed by atoms with Crippen molar-refractivity contribution in [2.24, 2.45) is 0 Å². The maximum absolute atomic E-state index is 12.2. The normalized spacial score (nSPS) is 11.6. The molecule has 0 spiro atoms. The summed E-state index contributed by atoms with van der Waals surface area (Å²) < 4.78 is 10.1. The molecule has 0 aromatic heterocycles. The number of benzene rings is 2. The molecule has 1 atom stereocenters. The fourth-order valence-electron chi connectivity index (χ4n) is 2.31. The first-order chi connectivity index (χ1) is 13.8. The van der Waals surface area contributed by atoms with Gasteiger partial charge in [0.1, 0.15) is 0 Å². The second kappa shape index (κ2) is 9.93. The van der Waals surface area contributed by atoms with Crippen LogP contribution < -0.4 is 15.4 Å². The van der Waals surface area contributed by atoms with Gasteiger partial charge in [0.05, 0.1) is 7.11 Å². The number of hydrogen-bond donors (Lipinski definition) is 3. The first-order valence-corrected chi connectivity index (χ1v) is 8.72. The number of phenolic OH excluding ortho intramolecular Hbond substituents is 1. The van der Waals surface area contributed by atoms with E-state index >= 15 is 0 Å². The van der Waals surface area contributed by atoms with Gasteiger partial charge in [-0.1, -0.05) is 6.07 Å². The molecular formula is C21H22N2O6. The Morgan fingerprint density at radius 1 is 1.03 bits per heavy atom. The average Bonchev–Trinajstić information content (AvgIpc) is 2.68. The van der Waals surface area contributed by atoms with Crippen LogP contribution in [0.5, 0.6) is 11.5 Å². The number of carbonyl (C=O) groups is 3. The summed E-state index contributed by atoms with van der Waals surface area (Å²) in [5.41, 5.74) is 1.72. The lowest BCUT2D eigenvalue weighted by atomic mass is 10.2. The van der Waals surface area contributed by atoms with Gasteiger partial charge < -0.3 is 25.2 Å². The van der Waals surface area contributed by atoms with Crippen molar-refractivity contribution in [1.82, 2.24) is 0 Å². The summed E-state index contributed by atoms with van der Waals surface area (Å²) in [5.74, 6) is -1.12. The number of aromatic hydroxyl groups is 1. The summed E-state index contributed by atoms with van der Waals surface area (Å²) >= 11 is 0. The molecule has 0 saturated carbocycles. The van der Waals surface area contributed by atoms with E-state index in [-0.39, 0.29) is 17.4 Å². The van der Waals surface area contributed by atoms with E-state index in [4.69, 9.17) is 9.47 Å². The Balaban J connectivity index is 1.89. The number of hydrogen-bond acceptors (Lipinski definition) is 6. The van der Waals surface area contributed by atoms with E-state index in [9.17, 15) is 19.5 Å². The standard InChI is InChI=1S/C21H22N2O6/c1-13(21(27)23-17-8-6-16(7-9-17)22-14(2)24)29-20(26)11-5-15-4-10-18(25)19(12-15)28-3/h4-13,25H,1-3H3,(H,22,24)(H,23,27)/b11-5+/t13-/m1/s1. The number of rotatable bonds is 7. The van der Waals surface area contributed by atoms with E-state index in [1.807, 2.05) is 0 Å². The molecule has 2 aromatic rings. The van der Waals surface area contributed by atoms with Crippen LogP contribution in [0.25, 0.3) is 6.08 Å². The van der Waals surface area contributed by atoms with Crippen molar-refractivity contribution in [3.8, 4) is 11.5 Å². The molecule has 2 amide bonds. The second-order valence-corrected chi connectivity index (χ2v) is 6.09. The van der Waals surface area contributed by atoms with Crippen molar-refractivity contribution in [3.05, 3.63) is 54.1 Å². The molecule has 0 aliphatic carbocycles. The van der Waals surface area contributed by atoms with Crippen LogP contribution in [-0.4, -0.2) is 36.1 Å². The van der Waals surface area contributed by atoms with Crippen LogP contribution in [0.4, 0.5) is 11.4 Å². The van der Waals surface area contributed by atoms with Crippen LogP contribution in [0.3, 0.4) is 0 Å². The first kappa shape index (κ1) is 21.5. The smallest absolute Gasteiger partial charge is 0.331 e. The molecule has 8 heteroatoms. The van der Waals surface area contributed by atoms with Crippen LogP contribution in [0.15, 0.2) is 48.5 Å². The zero-order chi connectivity index (χ0) is 21.4. The highest BCUT2D eigenvalue weighted by atomic mass is 16.5. The first-order valence-electron chi connectivity index (χ1n) is 8.72. The quantitative estimate of drug-likeness (QED) is 0.488. The molecule has 2 aromatic carbocycles. The topological polar surface area (TPSA) is 114 Å². The van der Waals surface area contributed by atoms with E-state index in [0.29, 0.717) is 16.9 Å². The van der Waals surface area contributed by atoms with Gasteiger partial charge in [0, 0.05) is 24.4 Å². The summed E-state index contributed by atoms with van der Waals surface area (Å²) in [6, 6.07) is 11.1. The highest BCUT2D eigenvalue weighted by Gasteiger charge is 2.16. The lowest BCUT2D eigenvalue weighted by Gasteiger charge is -2.13. The number of amides is 2. The van der Waals surface area contributed by atoms with E-state index in [1.54, 1.807) is 36.4 Å². The van der Waals surface area contributed by atoms with Crippen LogP contribution in [0.2, 0.25) is 0 Å². The van der Waals surface area contributed by atoms with Crippen molar-refractivity contribution in [2.45, 2.75) is 20.0 Å². The van der Waals surface area contributed by atoms with Crippen LogP contribution in [0, 0.1) is 0 Å². The average molecular weight is 398 g/mol. The molecule has 29 heavy (non-hydrogen) atoms. The number of ether oxygens (including phenoxy) is 2. The van der Waals surface area contributed by atoms with Crippen molar-refractivity contribution in [2.75, 3.05) is 17.7 Å². The van der Waals surface area contributed by atoms with Gasteiger partial charge in [-0.15, -0.1) is 0 Å². The number of anilines is 2. The Kier molecular flexibility index (Phi) is 7.36. The van der Waals surface area contributed by atoms with Gasteiger partial charge in [0.2, 0.25) is 5.91 Å². The molecule has 3 N–H and O–H groups in total. The third kappa shape index (κ3) is 6.69. The summed E-state index contributed by atoms with van der Waals surface area (Å²) in [7, 11) is 1.42. The van der Waals surface area contributed by atoms with E-state index in [0.717, 1.165) is 0 Å². The Bertz CT molecular complexity index is 921. The molecule has 0 fully saturated rings. The maximum atomic E-state index is 12.2. The van der Waals surface area contributed by atoms with Gasteiger partial charge in [0.25, 0.3) is 5.91 Å². The minimum atomic E-state index is -1.02. The van der Waals surface area contributed by atoms with Crippen molar-refractivity contribution in [3.63, 3.8) is 0 Å². The molecule has 0 aliphatic heterocycles. The number of esters is 1.